The highest BCUT2D eigenvalue weighted by molar-refractivity contribution is 9.10. The summed E-state index contributed by atoms with van der Waals surface area (Å²) >= 11 is 14.0. The minimum absolute atomic E-state index is 0.0848. The van der Waals surface area contributed by atoms with Crippen LogP contribution in [-0.2, 0) is 0 Å². The first-order valence-electron chi connectivity index (χ1n) is 4.20. The van der Waals surface area contributed by atoms with Crippen LogP contribution in [0.25, 0.3) is 11.4 Å². The Morgan fingerprint density at radius 1 is 1.00 bits per heavy atom. The molecule has 1 aromatic carbocycles. The fourth-order valence-corrected chi connectivity index (χ4v) is 1.86. The topological polar surface area (TPSA) is 38.7 Å². The van der Waals surface area contributed by atoms with Crippen molar-refractivity contribution < 1.29 is 8.78 Å². The number of nitrogens with zero attached hydrogens (tertiary/aromatic N) is 3. The number of hydrogen-bond acceptors (Lipinski definition) is 3. The van der Waals surface area contributed by atoms with Crippen molar-refractivity contribution in [3.63, 3.8) is 0 Å². The van der Waals surface area contributed by atoms with Gasteiger partial charge in [-0.25, -0.2) is 8.78 Å². The summed E-state index contributed by atoms with van der Waals surface area (Å²) < 4.78 is 27.4. The van der Waals surface area contributed by atoms with Gasteiger partial charge in [0.1, 0.15) is 5.82 Å². The molecule has 0 radical (unpaired) electrons. The molecule has 8 heteroatoms. The van der Waals surface area contributed by atoms with E-state index in [2.05, 4.69) is 30.9 Å². The van der Waals surface area contributed by atoms with Gasteiger partial charge < -0.3 is 0 Å². The van der Waals surface area contributed by atoms with E-state index in [4.69, 9.17) is 23.2 Å². The normalized spacial score (nSPS) is 10.6. The summed E-state index contributed by atoms with van der Waals surface area (Å²) in [6, 6.07) is 2.31. The molecular formula is C9H2BrCl2F2N3. The maximum Gasteiger partial charge on any atom is 0.227 e. The molecule has 3 nitrogen and oxygen atoms in total. The first kappa shape index (κ1) is 12.6. The number of halogens is 5. The summed E-state index contributed by atoms with van der Waals surface area (Å²) in [5, 5.41) is -0.474. The van der Waals surface area contributed by atoms with E-state index in [1.807, 2.05) is 0 Å². The third kappa shape index (κ3) is 2.53. The van der Waals surface area contributed by atoms with Crippen molar-refractivity contribution in [1.29, 1.82) is 0 Å². The lowest BCUT2D eigenvalue weighted by Crippen LogP contribution is -1.99. The third-order valence-electron chi connectivity index (χ3n) is 1.85. The average Bonchev–Trinajstić information content (AvgIpc) is 2.23. The first-order chi connectivity index (χ1) is 7.99. The second kappa shape index (κ2) is 4.80. The summed E-state index contributed by atoms with van der Waals surface area (Å²) in [6.07, 6.45) is 0. The van der Waals surface area contributed by atoms with Gasteiger partial charge in [0.2, 0.25) is 10.6 Å². The fourth-order valence-electron chi connectivity index (χ4n) is 1.17. The molecule has 0 saturated carbocycles. The van der Waals surface area contributed by atoms with Gasteiger partial charge >= 0.3 is 0 Å². The van der Waals surface area contributed by atoms with Crippen molar-refractivity contribution in [1.82, 2.24) is 15.0 Å². The van der Waals surface area contributed by atoms with Crippen molar-refractivity contribution in [2.45, 2.75) is 0 Å². The second-order valence-corrected chi connectivity index (χ2v) is 4.45. The molecule has 0 aliphatic carbocycles. The van der Waals surface area contributed by atoms with Crippen LogP contribution in [0.1, 0.15) is 0 Å². The molecule has 17 heavy (non-hydrogen) atoms. The molecule has 2 rings (SSSR count). The Kier molecular flexibility index (Phi) is 3.56. The Hall–Kier alpha value is -0.850. The van der Waals surface area contributed by atoms with E-state index in [1.54, 1.807) is 0 Å². The van der Waals surface area contributed by atoms with Crippen molar-refractivity contribution >= 4 is 39.1 Å². The highest BCUT2D eigenvalue weighted by Crippen LogP contribution is 2.29. The number of benzene rings is 1. The van der Waals surface area contributed by atoms with E-state index >= 15 is 0 Å². The van der Waals surface area contributed by atoms with Crippen molar-refractivity contribution in [2.24, 2.45) is 0 Å². The lowest BCUT2D eigenvalue weighted by molar-refractivity contribution is 0.583. The third-order valence-corrected chi connectivity index (χ3v) is 2.80. The minimum Gasteiger partial charge on any atom is -0.206 e. The predicted octanol–water partition coefficient (Wildman–Crippen LogP) is 3.89. The zero-order valence-electron chi connectivity index (χ0n) is 7.89. The van der Waals surface area contributed by atoms with E-state index in [0.29, 0.717) is 0 Å². The van der Waals surface area contributed by atoms with Gasteiger partial charge in [0.25, 0.3) is 0 Å². The lowest BCUT2D eigenvalue weighted by Gasteiger charge is -2.05. The highest BCUT2D eigenvalue weighted by Gasteiger charge is 2.18. The maximum atomic E-state index is 13.7. The predicted molar refractivity (Wildman–Crippen MR) is 62.9 cm³/mol. The van der Waals surface area contributed by atoms with E-state index in [9.17, 15) is 8.78 Å². The van der Waals surface area contributed by atoms with Gasteiger partial charge in [-0.15, -0.1) is 0 Å². The van der Waals surface area contributed by atoms with Gasteiger partial charge in [0, 0.05) is 0 Å². The molecule has 0 amide bonds. The lowest BCUT2D eigenvalue weighted by atomic mass is 10.2. The molecule has 0 fully saturated rings. The van der Waals surface area contributed by atoms with Crippen LogP contribution >= 0.6 is 39.1 Å². The Balaban J connectivity index is 2.72. The highest BCUT2D eigenvalue weighted by atomic mass is 79.9. The Labute approximate surface area is 113 Å². The van der Waals surface area contributed by atoms with Gasteiger partial charge in [-0.1, -0.05) is 0 Å². The van der Waals surface area contributed by atoms with Gasteiger partial charge in [-0.05, 0) is 51.3 Å². The van der Waals surface area contributed by atoms with Gasteiger partial charge in [0.05, 0.1) is 10.0 Å². The number of hydrogen-bond donors (Lipinski definition) is 0. The molecule has 0 atom stereocenters. The van der Waals surface area contributed by atoms with Crippen LogP contribution in [0.4, 0.5) is 8.78 Å². The Morgan fingerprint density at radius 3 is 2.18 bits per heavy atom. The largest absolute Gasteiger partial charge is 0.227 e. The van der Waals surface area contributed by atoms with E-state index in [0.717, 1.165) is 6.07 Å². The van der Waals surface area contributed by atoms with Crippen molar-refractivity contribution in [3.05, 3.63) is 38.8 Å². The first-order valence-corrected chi connectivity index (χ1v) is 5.75. The molecule has 1 aromatic heterocycles. The summed E-state index contributed by atoms with van der Waals surface area (Å²) in [6.45, 7) is 0. The molecule has 0 saturated heterocycles. The summed E-state index contributed by atoms with van der Waals surface area (Å²) in [5.74, 6) is -1.90. The Bertz CT molecular complexity index is 574. The van der Waals surface area contributed by atoms with Crippen LogP contribution < -0.4 is 0 Å². The minimum atomic E-state index is -0.830. The van der Waals surface area contributed by atoms with Crippen LogP contribution in [-0.4, -0.2) is 15.0 Å². The molecule has 0 N–H and O–H groups in total. The summed E-state index contributed by atoms with van der Waals surface area (Å²) in [7, 11) is 0. The number of rotatable bonds is 1. The molecule has 2 aromatic rings. The summed E-state index contributed by atoms with van der Waals surface area (Å²) in [4.78, 5) is 10.7. The van der Waals surface area contributed by atoms with Crippen molar-refractivity contribution in [3.8, 4) is 11.4 Å². The molecule has 0 aliphatic rings. The molecule has 88 valence electrons. The summed E-state index contributed by atoms with van der Waals surface area (Å²) in [5.41, 5.74) is -0.412. The second-order valence-electron chi connectivity index (χ2n) is 2.92. The molecule has 1 heterocycles. The van der Waals surface area contributed by atoms with Crippen LogP contribution in [0.15, 0.2) is 16.6 Å². The zero-order chi connectivity index (χ0) is 12.6. The zero-order valence-corrected chi connectivity index (χ0v) is 11.0. The van der Waals surface area contributed by atoms with Crippen molar-refractivity contribution in [2.75, 3.05) is 0 Å². The Morgan fingerprint density at radius 2 is 1.59 bits per heavy atom. The van der Waals surface area contributed by atoms with Crippen LogP contribution in [0.3, 0.4) is 0 Å². The fraction of sp³-hybridized carbons (Fsp3) is 0. The van der Waals surface area contributed by atoms with E-state index in [-0.39, 0.29) is 20.9 Å². The smallest absolute Gasteiger partial charge is 0.206 e. The molecular weight excluding hydrogens is 339 g/mol. The van der Waals surface area contributed by atoms with Gasteiger partial charge in [-0.3, -0.25) is 0 Å². The van der Waals surface area contributed by atoms with Gasteiger partial charge in [-0.2, -0.15) is 15.0 Å². The van der Waals surface area contributed by atoms with Crippen LogP contribution in [0.5, 0.6) is 0 Å². The molecule has 0 aliphatic heterocycles. The van der Waals surface area contributed by atoms with E-state index in [1.165, 1.54) is 6.07 Å². The standard InChI is InChI=1S/C9H2BrCl2F2N3/c10-3-1-2-4(13)5(6(3)14)7-15-8(11)17-9(12)16-7/h1-2H. The average molecular weight is 341 g/mol. The monoisotopic (exact) mass is 339 g/mol. The molecule has 0 spiro atoms. The maximum absolute atomic E-state index is 13.7. The quantitative estimate of drug-likeness (QED) is 0.739. The van der Waals surface area contributed by atoms with Crippen LogP contribution in [0, 0.1) is 11.6 Å². The molecule has 0 unspecified atom stereocenters. The molecule has 0 bridgehead atoms. The van der Waals surface area contributed by atoms with E-state index < -0.39 is 17.2 Å². The van der Waals surface area contributed by atoms with Gasteiger partial charge in [0.15, 0.2) is 11.6 Å². The SMILES string of the molecule is Fc1ccc(Br)c(F)c1-c1nc(Cl)nc(Cl)n1. The number of aromatic nitrogens is 3. The van der Waals surface area contributed by atoms with Crippen LogP contribution in [0.2, 0.25) is 10.6 Å².